The average molecular weight is 1150 g/mol. The zero-order chi connectivity index (χ0) is 58.9. The van der Waals surface area contributed by atoms with Gasteiger partial charge in [-0.15, -0.1) is 0 Å². The molecule has 6 fully saturated rings. The predicted octanol–water partition coefficient (Wildman–Crippen LogP) is 0.526. The summed E-state index contributed by atoms with van der Waals surface area (Å²) in [5.41, 5.74) is 1.76. The number of aliphatic hydroxyl groups excluding tert-OH is 4. The van der Waals surface area contributed by atoms with Gasteiger partial charge in [-0.1, -0.05) is 67.6 Å². The number of benzene rings is 2. The van der Waals surface area contributed by atoms with Crippen LogP contribution in [-0.2, 0) is 108 Å². The van der Waals surface area contributed by atoms with Gasteiger partial charge in [0.25, 0.3) is 0 Å². The van der Waals surface area contributed by atoms with Crippen LogP contribution >= 0.6 is 0 Å². The third-order valence-corrected chi connectivity index (χ3v) is 14.0. The molecule has 20 atom stereocenters. The molecule has 6 N–H and O–H groups in total. The molecule has 26 nitrogen and oxygen atoms in total. The lowest BCUT2D eigenvalue weighted by Gasteiger charge is -2.52. The second-order valence-corrected chi connectivity index (χ2v) is 21.5. The molecule has 0 radical (unpaired) electrons. The quantitative estimate of drug-likeness (QED) is 0.0929. The van der Waals surface area contributed by atoms with Crippen molar-refractivity contribution < 1.29 is 115 Å². The summed E-state index contributed by atoms with van der Waals surface area (Å²) in [6, 6.07) is 17.0. The molecule has 6 aliphatic rings. The van der Waals surface area contributed by atoms with Crippen LogP contribution in [0.4, 0.5) is 0 Å². The Morgan fingerprint density at radius 3 is 1.43 bits per heavy atom. The number of hydrogen-bond acceptors (Lipinski definition) is 24. The number of ether oxygens (including phenoxy) is 15. The number of fused-ring (bicyclic) bond motifs is 2. The van der Waals surface area contributed by atoms with E-state index in [1.807, 2.05) is 60.7 Å². The zero-order valence-corrected chi connectivity index (χ0v) is 47.0. The first-order valence-corrected chi connectivity index (χ1v) is 26.9. The molecule has 0 aliphatic carbocycles. The van der Waals surface area contributed by atoms with Crippen molar-refractivity contribution in [1.29, 1.82) is 0 Å². The van der Waals surface area contributed by atoms with E-state index in [9.17, 15) is 44.4 Å². The highest BCUT2D eigenvalue weighted by Gasteiger charge is 2.58. The van der Waals surface area contributed by atoms with Crippen LogP contribution in [0.15, 0.2) is 60.7 Å². The van der Waals surface area contributed by atoms with Crippen LogP contribution in [0.3, 0.4) is 0 Å². The van der Waals surface area contributed by atoms with Gasteiger partial charge < -0.3 is 102 Å². The first-order chi connectivity index (χ1) is 38.3. The molecule has 2 aromatic rings. The van der Waals surface area contributed by atoms with E-state index in [2.05, 4.69) is 10.6 Å². The fourth-order valence-electron chi connectivity index (χ4n) is 10.3. The third-order valence-electron chi connectivity index (χ3n) is 14.0. The number of esters is 3. The molecular formula is C55H78N2O24. The fraction of sp³-hybridized carbons (Fsp3) is 0.691. The van der Waals surface area contributed by atoms with E-state index in [0.29, 0.717) is 0 Å². The second-order valence-electron chi connectivity index (χ2n) is 21.5. The summed E-state index contributed by atoms with van der Waals surface area (Å²) in [5, 5.41) is 46.2. The van der Waals surface area contributed by atoms with Gasteiger partial charge in [-0.25, -0.2) is 0 Å². The lowest BCUT2D eigenvalue weighted by Crippen LogP contribution is -2.70. The van der Waals surface area contributed by atoms with Crippen LogP contribution in [-0.4, -0.2) is 205 Å². The number of aliphatic hydroxyl groups is 4. The van der Waals surface area contributed by atoms with Gasteiger partial charge in [-0.05, 0) is 38.8 Å². The zero-order valence-electron chi connectivity index (χ0n) is 47.0. The highest BCUT2D eigenvalue weighted by molar-refractivity contribution is 5.74. The standard InChI is InChI=1S/C31H43NO13.C24H35NO11/c1-16-25(40-19(4)35)22(14-37-18(3)34)43-30(26(16)41-20(5)36)44-28-24(32-17(2)33)29(38-13-21-11-9-8-10-12-21)42-23-15-39-31(6,7)45-27(23)28;1-12(27)25-16-21(35-23-19(30)18(29)17(28)14(9-26)33-23)20-15(11-32-24(2,3)36-20)34-22(16)31-10-13-7-5-4-6-8-13/h8-12,16,22-30H,13-15H2,1-7H3,(H,32,33);4-8,14-23,26,28-30H,9-11H2,1-3H3,(H,25,27)/t16-,22?,23?,24?,25+,26?,27+,28+,29+,30-;14?,15?,16?,17-,18-,19?,20+,21+,22+,23-/m00/s1. The van der Waals surface area contributed by atoms with Crippen LogP contribution in [0.5, 0.6) is 0 Å². The maximum Gasteiger partial charge on any atom is 0.303 e. The van der Waals surface area contributed by atoms with Gasteiger partial charge in [-0.2, -0.15) is 0 Å². The Morgan fingerprint density at radius 1 is 0.556 bits per heavy atom. The number of carbonyl (C=O) groups is 5. The minimum Gasteiger partial charge on any atom is -0.463 e. The lowest BCUT2D eigenvalue weighted by molar-refractivity contribution is -0.394. The summed E-state index contributed by atoms with van der Waals surface area (Å²) in [6.07, 6.45) is -18.6. The lowest BCUT2D eigenvalue weighted by atomic mass is 9.89. The van der Waals surface area contributed by atoms with Crippen molar-refractivity contribution in [1.82, 2.24) is 10.6 Å². The van der Waals surface area contributed by atoms with Crippen LogP contribution < -0.4 is 10.6 Å². The van der Waals surface area contributed by atoms with E-state index >= 15 is 0 Å². The van der Waals surface area contributed by atoms with Crippen molar-refractivity contribution in [3.63, 3.8) is 0 Å². The fourth-order valence-corrected chi connectivity index (χ4v) is 10.3. The molecule has 8 rings (SSSR count). The van der Waals surface area contributed by atoms with Gasteiger partial charge in [0.1, 0.15) is 91.9 Å². The summed E-state index contributed by atoms with van der Waals surface area (Å²) in [4.78, 5) is 60.7. The van der Waals surface area contributed by atoms with Gasteiger partial charge in [-0.3, -0.25) is 24.0 Å². The van der Waals surface area contributed by atoms with Crippen molar-refractivity contribution >= 4 is 29.7 Å². The Bertz CT molecular complexity index is 2380. The van der Waals surface area contributed by atoms with Crippen molar-refractivity contribution in [3.05, 3.63) is 71.8 Å². The molecule has 2 amide bonds. The van der Waals surface area contributed by atoms with Gasteiger partial charge in [0.2, 0.25) is 11.8 Å². The van der Waals surface area contributed by atoms with Gasteiger partial charge in [0.15, 0.2) is 42.8 Å². The summed E-state index contributed by atoms with van der Waals surface area (Å²) >= 11 is 0. The summed E-state index contributed by atoms with van der Waals surface area (Å²) in [7, 11) is 0. The monoisotopic (exact) mass is 1150 g/mol. The SMILES string of the molecule is CC(=O)NC1[C@H](OCc2ccccc2)OC2COC(C)(C)O[C@H]2[C@@H]1O[C@@H]1OC(CO)[C@H](O)[C@H](O)C1O.CC(=O)NC1[C@H](OCc2ccccc2)OC2COC(C)(C)O[C@H]2[C@@H]1O[C@@H]1OC(COC(C)=O)[C@H](OC(C)=O)[C@H](C)C1OC(C)=O. The smallest absolute Gasteiger partial charge is 0.303 e. The number of rotatable bonds is 17. The molecule has 0 aromatic heterocycles. The van der Waals surface area contributed by atoms with Crippen molar-refractivity contribution in [3.8, 4) is 0 Å². The van der Waals surface area contributed by atoms with Crippen LogP contribution in [0.1, 0.15) is 80.4 Å². The van der Waals surface area contributed by atoms with Crippen LogP contribution in [0.2, 0.25) is 0 Å². The molecule has 81 heavy (non-hydrogen) atoms. The molecule has 8 unspecified atom stereocenters. The Balaban J connectivity index is 0.000000239. The first kappa shape index (κ1) is 63.7. The van der Waals surface area contributed by atoms with Crippen LogP contribution in [0.25, 0.3) is 0 Å². The largest absolute Gasteiger partial charge is 0.463 e. The summed E-state index contributed by atoms with van der Waals surface area (Å²) < 4.78 is 89.7. The van der Waals surface area contributed by atoms with Crippen molar-refractivity contribution in [2.75, 3.05) is 26.4 Å². The molecular weight excluding hydrogens is 1070 g/mol. The molecule has 0 bridgehead atoms. The second kappa shape index (κ2) is 28.2. The molecule has 6 saturated heterocycles. The van der Waals surface area contributed by atoms with Crippen molar-refractivity contribution in [2.45, 2.75) is 211 Å². The maximum absolute atomic E-state index is 12.5. The minimum atomic E-state index is -1.64. The van der Waals surface area contributed by atoms with E-state index in [4.69, 9.17) is 71.1 Å². The Kier molecular flexibility index (Phi) is 22.1. The molecule has 6 aliphatic heterocycles. The third kappa shape index (κ3) is 16.9. The predicted molar refractivity (Wildman–Crippen MR) is 274 cm³/mol. The normalized spacial score (nSPS) is 36.9. The van der Waals surface area contributed by atoms with Crippen LogP contribution in [0, 0.1) is 5.92 Å². The number of amides is 2. The number of nitrogens with one attached hydrogen (secondary N) is 2. The molecule has 6 heterocycles. The van der Waals surface area contributed by atoms with E-state index < -0.39 is 159 Å². The summed E-state index contributed by atoms with van der Waals surface area (Å²) in [5.74, 6) is -5.25. The van der Waals surface area contributed by atoms with Gasteiger partial charge in [0, 0.05) is 40.5 Å². The first-order valence-electron chi connectivity index (χ1n) is 26.9. The molecule has 452 valence electrons. The van der Waals surface area contributed by atoms with E-state index in [1.165, 1.54) is 34.6 Å². The van der Waals surface area contributed by atoms with E-state index in [0.717, 1.165) is 11.1 Å². The number of hydrogen-bond donors (Lipinski definition) is 6. The molecule has 2 aromatic carbocycles. The Hall–Kier alpha value is -4.85. The minimum absolute atomic E-state index is 0.133. The molecule has 0 spiro atoms. The van der Waals surface area contributed by atoms with E-state index in [1.54, 1.807) is 34.6 Å². The van der Waals surface area contributed by atoms with Gasteiger partial charge in [0.05, 0.1) is 33.0 Å². The Labute approximate surface area is 469 Å². The topological polar surface area (TPSA) is 329 Å². The average Bonchev–Trinajstić information content (AvgIpc) is 3.44. The molecule has 0 saturated carbocycles. The van der Waals surface area contributed by atoms with Gasteiger partial charge >= 0.3 is 17.9 Å². The Morgan fingerprint density at radius 2 is 1.00 bits per heavy atom. The highest BCUT2D eigenvalue weighted by Crippen LogP contribution is 2.40. The van der Waals surface area contributed by atoms with E-state index in [-0.39, 0.29) is 44.8 Å². The maximum atomic E-state index is 12.5. The molecule has 26 heteroatoms. The highest BCUT2D eigenvalue weighted by atomic mass is 16.8. The number of carbonyl (C=O) groups excluding carboxylic acids is 5. The summed E-state index contributed by atoms with van der Waals surface area (Å²) in [6.45, 7) is 14.8. The van der Waals surface area contributed by atoms with Crippen molar-refractivity contribution in [2.24, 2.45) is 5.92 Å².